The van der Waals surface area contributed by atoms with Gasteiger partial charge in [-0.05, 0) is 12.8 Å². The quantitative estimate of drug-likeness (QED) is 0.812. The highest BCUT2D eigenvalue weighted by molar-refractivity contribution is 7.09. The Kier molecular flexibility index (Phi) is 3.32. The summed E-state index contributed by atoms with van der Waals surface area (Å²) in [5.74, 6) is 0.435. The summed E-state index contributed by atoms with van der Waals surface area (Å²) in [6.07, 6.45) is 5.58. The van der Waals surface area contributed by atoms with Crippen LogP contribution < -0.4 is 0 Å². The van der Waals surface area contributed by atoms with Crippen molar-refractivity contribution >= 4 is 11.3 Å². The second kappa shape index (κ2) is 4.90. The zero-order chi connectivity index (χ0) is 11.4. The summed E-state index contributed by atoms with van der Waals surface area (Å²) in [5, 5.41) is 12.0. The van der Waals surface area contributed by atoms with Gasteiger partial charge in [-0.2, -0.15) is 5.26 Å². The predicted octanol–water partition coefficient (Wildman–Crippen LogP) is 2.21. The van der Waals surface area contributed by atoms with E-state index in [1.54, 1.807) is 23.7 Å². The molecule has 16 heavy (non-hydrogen) atoms. The van der Waals surface area contributed by atoms with Crippen molar-refractivity contribution < 1.29 is 0 Å². The van der Waals surface area contributed by atoms with E-state index in [1.165, 1.54) is 0 Å². The molecule has 2 aromatic rings. The minimum Gasteiger partial charge on any atom is -0.317 e. The van der Waals surface area contributed by atoms with Gasteiger partial charge in [0.25, 0.3) is 0 Å². The maximum Gasteiger partial charge on any atom is 0.213 e. The minimum atomic E-state index is 0.435. The fourth-order valence-electron chi connectivity index (χ4n) is 1.47. The molecule has 5 heteroatoms. The Labute approximate surface area is 98.2 Å². The summed E-state index contributed by atoms with van der Waals surface area (Å²) in [7, 11) is 0. The molecule has 0 spiro atoms. The Bertz CT molecular complexity index is 506. The fourth-order valence-corrected chi connectivity index (χ4v) is 2.37. The molecule has 0 aliphatic rings. The van der Waals surface area contributed by atoms with Crippen molar-refractivity contribution in [1.29, 1.82) is 5.26 Å². The van der Waals surface area contributed by atoms with Gasteiger partial charge in [-0.15, -0.1) is 11.3 Å². The summed E-state index contributed by atoms with van der Waals surface area (Å²) in [4.78, 5) is 8.46. The minimum absolute atomic E-state index is 0.435. The number of nitriles is 1. The Hall–Kier alpha value is -1.67. The molecule has 0 aromatic carbocycles. The maximum absolute atomic E-state index is 8.82. The van der Waals surface area contributed by atoms with Crippen LogP contribution in [-0.4, -0.2) is 14.5 Å². The van der Waals surface area contributed by atoms with Gasteiger partial charge >= 0.3 is 0 Å². The normalized spacial score (nSPS) is 10.2. The lowest BCUT2D eigenvalue weighted by Gasteiger charge is -1.99. The average Bonchev–Trinajstić information content (AvgIpc) is 2.89. The predicted molar refractivity (Wildman–Crippen MR) is 62.2 cm³/mol. The molecule has 0 aliphatic carbocycles. The zero-order valence-corrected chi connectivity index (χ0v) is 9.87. The molecular formula is C11H12N4S. The van der Waals surface area contributed by atoms with Crippen LogP contribution in [0.1, 0.15) is 29.9 Å². The van der Waals surface area contributed by atoms with Gasteiger partial charge in [-0.1, -0.05) is 6.92 Å². The van der Waals surface area contributed by atoms with Gasteiger partial charge in [0.05, 0.1) is 17.2 Å². The Balaban J connectivity index is 2.12. The molecule has 0 amide bonds. The molecule has 0 saturated heterocycles. The molecule has 82 valence electrons. The van der Waals surface area contributed by atoms with E-state index in [4.69, 9.17) is 5.26 Å². The lowest BCUT2D eigenvalue weighted by Crippen LogP contribution is -2.01. The standard InChI is InChI=1S/C11H12N4S/c1-2-3-11-14-9(8-16-11)7-15-5-4-13-10(15)6-12/h4-5,8H,2-3,7H2,1H3. The number of hydrogen-bond acceptors (Lipinski definition) is 4. The highest BCUT2D eigenvalue weighted by Crippen LogP contribution is 2.13. The largest absolute Gasteiger partial charge is 0.317 e. The molecule has 2 aromatic heterocycles. The first-order valence-electron chi connectivity index (χ1n) is 5.18. The number of imidazole rings is 1. The number of nitrogens with zero attached hydrogens (tertiary/aromatic N) is 4. The van der Waals surface area contributed by atoms with Gasteiger partial charge in [-0.25, -0.2) is 9.97 Å². The lowest BCUT2D eigenvalue weighted by atomic mass is 10.3. The van der Waals surface area contributed by atoms with Gasteiger partial charge in [-0.3, -0.25) is 0 Å². The van der Waals surface area contributed by atoms with Crippen LogP contribution in [0.2, 0.25) is 0 Å². The highest BCUT2D eigenvalue weighted by atomic mass is 32.1. The molecule has 0 bridgehead atoms. The SMILES string of the molecule is CCCc1nc(Cn2ccnc2C#N)cs1. The second-order valence-electron chi connectivity index (χ2n) is 3.47. The van der Waals surface area contributed by atoms with Crippen molar-refractivity contribution in [2.75, 3.05) is 0 Å². The first kappa shape index (κ1) is 10.8. The van der Waals surface area contributed by atoms with Crippen molar-refractivity contribution in [3.63, 3.8) is 0 Å². The van der Waals surface area contributed by atoms with Gasteiger partial charge in [0, 0.05) is 17.8 Å². The van der Waals surface area contributed by atoms with Crippen LogP contribution >= 0.6 is 11.3 Å². The average molecular weight is 232 g/mol. The van der Waals surface area contributed by atoms with E-state index < -0.39 is 0 Å². The van der Waals surface area contributed by atoms with Gasteiger partial charge in [0.1, 0.15) is 6.07 Å². The molecule has 0 N–H and O–H groups in total. The fraction of sp³-hybridized carbons (Fsp3) is 0.364. The van der Waals surface area contributed by atoms with Crippen molar-refractivity contribution in [3.8, 4) is 6.07 Å². The van der Waals surface area contributed by atoms with Gasteiger partial charge < -0.3 is 4.57 Å². The highest BCUT2D eigenvalue weighted by Gasteiger charge is 2.05. The third kappa shape index (κ3) is 2.28. The van der Waals surface area contributed by atoms with Crippen LogP contribution in [0.25, 0.3) is 0 Å². The molecular weight excluding hydrogens is 220 g/mol. The Morgan fingerprint density at radius 1 is 1.56 bits per heavy atom. The van der Waals surface area contributed by atoms with E-state index in [0.29, 0.717) is 12.4 Å². The number of aryl methyl sites for hydroxylation is 1. The van der Waals surface area contributed by atoms with Gasteiger partial charge in [0.2, 0.25) is 5.82 Å². The Morgan fingerprint density at radius 2 is 2.44 bits per heavy atom. The third-order valence-corrected chi connectivity index (χ3v) is 3.17. The van der Waals surface area contributed by atoms with E-state index in [1.807, 2.05) is 9.95 Å². The zero-order valence-electron chi connectivity index (χ0n) is 9.05. The summed E-state index contributed by atoms with van der Waals surface area (Å²) in [6, 6.07) is 2.06. The number of rotatable bonds is 4. The Morgan fingerprint density at radius 3 is 3.19 bits per heavy atom. The third-order valence-electron chi connectivity index (χ3n) is 2.21. The molecule has 0 saturated carbocycles. The second-order valence-corrected chi connectivity index (χ2v) is 4.42. The first-order chi connectivity index (χ1) is 7.83. The van der Waals surface area contributed by atoms with Crippen LogP contribution in [0.15, 0.2) is 17.8 Å². The first-order valence-corrected chi connectivity index (χ1v) is 6.06. The molecule has 0 aliphatic heterocycles. The van der Waals surface area contributed by atoms with Crippen LogP contribution in [0.5, 0.6) is 0 Å². The molecule has 0 fully saturated rings. The van der Waals surface area contributed by atoms with Crippen LogP contribution in [-0.2, 0) is 13.0 Å². The van der Waals surface area contributed by atoms with Crippen molar-refractivity contribution in [2.24, 2.45) is 0 Å². The summed E-state index contributed by atoms with van der Waals surface area (Å²) >= 11 is 1.68. The van der Waals surface area contributed by atoms with Crippen LogP contribution in [0.3, 0.4) is 0 Å². The van der Waals surface area contributed by atoms with Crippen LogP contribution in [0.4, 0.5) is 0 Å². The number of thiazole rings is 1. The summed E-state index contributed by atoms with van der Waals surface area (Å²) < 4.78 is 1.81. The monoisotopic (exact) mass is 232 g/mol. The van der Waals surface area contributed by atoms with Gasteiger partial charge in [0.15, 0.2) is 0 Å². The van der Waals surface area contributed by atoms with E-state index in [2.05, 4.69) is 23.0 Å². The summed E-state index contributed by atoms with van der Waals surface area (Å²) in [5.41, 5.74) is 1.00. The maximum atomic E-state index is 8.82. The molecule has 0 unspecified atom stereocenters. The van der Waals surface area contributed by atoms with Crippen LogP contribution in [0, 0.1) is 11.3 Å². The summed E-state index contributed by atoms with van der Waals surface area (Å²) in [6.45, 7) is 2.77. The van der Waals surface area contributed by atoms with E-state index in [-0.39, 0.29) is 0 Å². The van der Waals surface area contributed by atoms with Crippen molar-refractivity contribution in [3.05, 3.63) is 34.3 Å². The molecule has 2 rings (SSSR count). The molecule has 0 atom stereocenters. The van der Waals surface area contributed by atoms with E-state index in [0.717, 1.165) is 23.5 Å². The topological polar surface area (TPSA) is 54.5 Å². The molecule has 2 heterocycles. The van der Waals surface area contributed by atoms with E-state index >= 15 is 0 Å². The number of aromatic nitrogens is 3. The van der Waals surface area contributed by atoms with E-state index in [9.17, 15) is 0 Å². The molecule has 4 nitrogen and oxygen atoms in total. The lowest BCUT2D eigenvalue weighted by molar-refractivity contribution is 0.758. The van der Waals surface area contributed by atoms with Crippen molar-refractivity contribution in [2.45, 2.75) is 26.3 Å². The number of hydrogen-bond donors (Lipinski definition) is 0. The molecule has 0 radical (unpaired) electrons. The smallest absolute Gasteiger partial charge is 0.213 e. The van der Waals surface area contributed by atoms with Crippen molar-refractivity contribution in [1.82, 2.24) is 14.5 Å².